The van der Waals surface area contributed by atoms with Crippen molar-refractivity contribution in [3.63, 3.8) is 0 Å². The molecule has 0 radical (unpaired) electrons. The average Bonchev–Trinajstić information content (AvgIpc) is 2.07. The van der Waals surface area contributed by atoms with E-state index < -0.39 is 0 Å². The molecule has 1 aromatic carbocycles. The van der Waals surface area contributed by atoms with Gasteiger partial charge in [-0.25, -0.2) is 4.39 Å². The largest absolute Gasteiger partial charge is 0.246 e. The standard InChI is InChI=1S/C8H9F.C3H8/c1-7-2-4-8(6-9)5-3-7;1-3-2/h2-5H,6H2,1H3;3H2,1-2H3. The summed E-state index contributed by atoms with van der Waals surface area (Å²) in [7, 11) is 0. The molecule has 1 aromatic rings. The number of halogens is 1. The molecule has 1 rings (SSSR count). The van der Waals surface area contributed by atoms with Crippen LogP contribution in [-0.4, -0.2) is 0 Å². The van der Waals surface area contributed by atoms with Crippen LogP contribution in [0, 0.1) is 6.92 Å². The second-order valence-electron chi connectivity index (χ2n) is 2.83. The Morgan fingerprint density at radius 1 is 1.08 bits per heavy atom. The molecule has 0 heterocycles. The average molecular weight is 168 g/mol. The van der Waals surface area contributed by atoms with Gasteiger partial charge in [-0.05, 0) is 12.5 Å². The van der Waals surface area contributed by atoms with Crippen LogP contribution in [0.15, 0.2) is 24.3 Å². The first-order valence-corrected chi connectivity index (χ1v) is 4.36. The maximum absolute atomic E-state index is 11.9. The molecule has 0 unspecified atom stereocenters. The van der Waals surface area contributed by atoms with Gasteiger partial charge < -0.3 is 0 Å². The van der Waals surface area contributed by atoms with Crippen LogP contribution < -0.4 is 0 Å². The fraction of sp³-hybridized carbons (Fsp3) is 0.455. The van der Waals surface area contributed by atoms with Gasteiger partial charge >= 0.3 is 0 Å². The lowest BCUT2D eigenvalue weighted by molar-refractivity contribution is 0.485. The molecule has 0 atom stereocenters. The Balaban J connectivity index is 0.000000354. The second-order valence-corrected chi connectivity index (χ2v) is 2.83. The number of rotatable bonds is 1. The van der Waals surface area contributed by atoms with Crippen molar-refractivity contribution in [3.05, 3.63) is 35.4 Å². The number of alkyl halides is 1. The minimum Gasteiger partial charge on any atom is -0.246 e. The zero-order chi connectivity index (χ0) is 9.40. The van der Waals surface area contributed by atoms with E-state index in [2.05, 4.69) is 13.8 Å². The van der Waals surface area contributed by atoms with Gasteiger partial charge in [0.15, 0.2) is 0 Å². The van der Waals surface area contributed by atoms with Gasteiger partial charge in [-0.3, -0.25) is 0 Å². The van der Waals surface area contributed by atoms with Crippen molar-refractivity contribution in [1.82, 2.24) is 0 Å². The summed E-state index contributed by atoms with van der Waals surface area (Å²) < 4.78 is 11.9. The SMILES string of the molecule is CCC.Cc1ccc(CF)cc1. The van der Waals surface area contributed by atoms with E-state index in [-0.39, 0.29) is 6.67 Å². The predicted molar refractivity (Wildman–Crippen MR) is 52.0 cm³/mol. The first-order valence-electron chi connectivity index (χ1n) is 4.36. The van der Waals surface area contributed by atoms with Gasteiger partial charge in [0.05, 0.1) is 0 Å². The van der Waals surface area contributed by atoms with Gasteiger partial charge in [-0.15, -0.1) is 0 Å². The molecule has 0 aromatic heterocycles. The summed E-state index contributed by atoms with van der Waals surface area (Å²) in [6, 6.07) is 7.43. The number of hydrogen-bond donors (Lipinski definition) is 0. The molecule has 0 spiro atoms. The number of hydrogen-bond acceptors (Lipinski definition) is 0. The number of benzene rings is 1. The van der Waals surface area contributed by atoms with Crippen LogP contribution in [0.4, 0.5) is 4.39 Å². The lowest BCUT2D eigenvalue weighted by Gasteiger charge is -1.92. The van der Waals surface area contributed by atoms with E-state index in [1.54, 1.807) is 12.1 Å². The summed E-state index contributed by atoms with van der Waals surface area (Å²) in [6.45, 7) is 5.88. The maximum atomic E-state index is 11.9. The molecular weight excluding hydrogens is 151 g/mol. The van der Waals surface area contributed by atoms with Gasteiger partial charge in [-0.1, -0.05) is 50.1 Å². The smallest absolute Gasteiger partial charge is 0.115 e. The topological polar surface area (TPSA) is 0 Å². The molecule has 0 nitrogen and oxygen atoms in total. The molecule has 68 valence electrons. The molecule has 0 saturated carbocycles. The fourth-order valence-electron chi connectivity index (χ4n) is 0.677. The Bertz CT molecular complexity index is 189. The van der Waals surface area contributed by atoms with Crippen LogP contribution >= 0.6 is 0 Å². The molecule has 0 saturated heterocycles. The van der Waals surface area contributed by atoms with Crippen LogP contribution in [0.1, 0.15) is 31.4 Å². The number of aryl methyl sites for hydroxylation is 1. The summed E-state index contributed by atoms with van der Waals surface area (Å²) in [5.41, 5.74) is 1.92. The molecule has 0 aliphatic carbocycles. The molecule has 0 bridgehead atoms. The molecule has 0 aliphatic rings. The second kappa shape index (κ2) is 6.84. The Labute approximate surface area is 74.4 Å². The van der Waals surface area contributed by atoms with E-state index in [1.165, 1.54) is 12.0 Å². The van der Waals surface area contributed by atoms with E-state index in [9.17, 15) is 4.39 Å². The van der Waals surface area contributed by atoms with E-state index >= 15 is 0 Å². The Morgan fingerprint density at radius 2 is 1.50 bits per heavy atom. The first kappa shape index (κ1) is 11.2. The first-order chi connectivity index (χ1) is 5.74. The zero-order valence-corrected chi connectivity index (χ0v) is 8.10. The van der Waals surface area contributed by atoms with Gasteiger partial charge in [0.25, 0.3) is 0 Å². The highest BCUT2D eigenvalue weighted by Gasteiger charge is 1.87. The lowest BCUT2D eigenvalue weighted by atomic mass is 10.2. The van der Waals surface area contributed by atoms with Crippen molar-refractivity contribution >= 4 is 0 Å². The summed E-state index contributed by atoms with van der Waals surface area (Å²) >= 11 is 0. The van der Waals surface area contributed by atoms with Gasteiger partial charge in [0.1, 0.15) is 6.67 Å². The minimum absolute atomic E-state index is 0.361. The van der Waals surface area contributed by atoms with Crippen molar-refractivity contribution in [2.75, 3.05) is 0 Å². The van der Waals surface area contributed by atoms with Crippen molar-refractivity contribution in [1.29, 1.82) is 0 Å². The van der Waals surface area contributed by atoms with Gasteiger partial charge in [-0.2, -0.15) is 0 Å². The molecule has 1 heteroatoms. The lowest BCUT2D eigenvalue weighted by Crippen LogP contribution is -1.76. The van der Waals surface area contributed by atoms with Crippen molar-refractivity contribution < 1.29 is 4.39 Å². The Hall–Kier alpha value is -0.850. The zero-order valence-electron chi connectivity index (χ0n) is 8.10. The monoisotopic (exact) mass is 168 g/mol. The van der Waals surface area contributed by atoms with E-state index in [0.717, 1.165) is 5.56 Å². The van der Waals surface area contributed by atoms with Gasteiger partial charge in [0, 0.05) is 0 Å². The quantitative estimate of drug-likeness (QED) is 0.597. The van der Waals surface area contributed by atoms with Crippen molar-refractivity contribution in [2.45, 2.75) is 33.9 Å². The highest BCUT2D eigenvalue weighted by Crippen LogP contribution is 2.03. The van der Waals surface area contributed by atoms with Crippen LogP contribution in [0.3, 0.4) is 0 Å². The third kappa shape index (κ3) is 4.89. The van der Waals surface area contributed by atoms with E-state index in [4.69, 9.17) is 0 Å². The third-order valence-electron chi connectivity index (χ3n) is 1.27. The molecule has 12 heavy (non-hydrogen) atoms. The van der Waals surface area contributed by atoms with Crippen LogP contribution in [-0.2, 0) is 6.67 Å². The van der Waals surface area contributed by atoms with Crippen LogP contribution in [0.25, 0.3) is 0 Å². The summed E-state index contributed by atoms with van der Waals surface area (Å²) in [4.78, 5) is 0. The van der Waals surface area contributed by atoms with Crippen molar-refractivity contribution in [2.24, 2.45) is 0 Å². The maximum Gasteiger partial charge on any atom is 0.115 e. The van der Waals surface area contributed by atoms with E-state index in [1.807, 2.05) is 19.1 Å². The molecule has 0 aliphatic heterocycles. The van der Waals surface area contributed by atoms with Crippen molar-refractivity contribution in [3.8, 4) is 0 Å². The third-order valence-corrected chi connectivity index (χ3v) is 1.27. The highest BCUT2D eigenvalue weighted by molar-refractivity contribution is 5.20. The molecular formula is C11H17F. The van der Waals surface area contributed by atoms with Gasteiger partial charge in [0.2, 0.25) is 0 Å². The molecule has 0 fully saturated rings. The van der Waals surface area contributed by atoms with Crippen LogP contribution in [0.2, 0.25) is 0 Å². The minimum atomic E-state index is -0.361. The summed E-state index contributed by atoms with van der Waals surface area (Å²) in [6.07, 6.45) is 1.25. The summed E-state index contributed by atoms with van der Waals surface area (Å²) in [5, 5.41) is 0. The fourth-order valence-corrected chi connectivity index (χ4v) is 0.677. The Kier molecular flexibility index (Phi) is 6.35. The highest BCUT2D eigenvalue weighted by atomic mass is 19.1. The Morgan fingerprint density at radius 3 is 1.83 bits per heavy atom. The summed E-state index contributed by atoms with van der Waals surface area (Å²) in [5.74, 6) is 0. The normalized spacial score (nSPS) is 8.67. The molecule has 0 N–H and O–H groups in total. The van der Waals surface area contributed by atoms with Crippen LogP contribution in [0.5, 0.6) is 0 Å². The van der Waals surface area contributed by atoms with E-state index in [0.29, 0.717) is 0 Å². The predicted octanol–water partition coefficient (Wildman–Crippen LogP) is 3.88. The molecule has 0 amide bonds.